The van der Waals surface area contributed by atoms with Gasteiger partial charge >= 0.3 is 0 Å². The summed E-state index contributed by atoms with van der Waals surface area (Å²) in [5.41, 5.74) is 6.05. The van der Waals surface area contributed by atoms with Crippen LogP contribution < -0.4 is 5.73 Å². The molecule has 1 rings (SSSR count). The summed E-state index contributed by atoms with van der Waals surface area (Å²) in [5.74, 6) is 2.37. The molecule has 1 aliphatic carbocycles. The molecular weight excluding hydrogens is 184 g/mol. The lowest BCUT2D eigenvalue weighted by atomic mass is 9.92. The van der Waals surface area contributed by atoms with E-state index in [2.05, 4.69) is 34.6 Å². The maximum absolute atomic E-state index is 6.03. The van der Waals surface area contributed by atoms with Crippen molar-refractivity contribution in [1.82, 2.24) is 0 Å². The number of nitrogens with zero attached hydrogens (tertiary/aromatic N) is 1. The lowest BCUT2D eigenvalue weighted by Crippen LogP contribution is -2.31. The van der Waals surface area contributed by atoms with Crippen molar-refractivity contribution in [3.63, 3.8) is 0 Å². The molecule has 1 aliphatic rings. The number of rotatable bonds is 2. The van der Waals surface area contributed by atoms with E-state index in [0.717, 1.165) is 11.8 Å². The molecule has 3 atom stereocenters. The normalized spacial score (nSPS) is 33.4. The third kappa shape index (κ3) is 2.96. The van der Waals surface area contributed by atoms with E-state index in [-0.39, 0.29) is 5.41 Å². The fraction of sp³-hybridized carbons (Fsp3) is 0.923. The molecule has 2 nitrogen and oxygen atoms in total. The predicted octanol–water partition coefficient (Wildman–Crippen LogP) is 3.21. The summed E-state index contributed by atoms with van der Waals surface area (Å²) < 4.78 is 0. The van der Waals surface area contributed by atoms with Gasteiger partial charge in [0.2, 0.25) is 0 Å². The molecule has 2 heteroatoms. The van der Waals surface area contributed by atoms with Gasteiger partial charge in [0.1, 0.15) is 0 Å². The van der Waals surface area contributed by atoms with Crippen LogP contribution in [-0.4, -0.2) is 11.9 Å². The number of hydrogen-bond donors (Lipinski definition) is 1. The van der Waals surface area contributed by atoms with E-state index in [1.165, 1.54) is 19.3 Å². The van der Waals surface area contributed by atoms with Crippen molar-refractivity contribution in [3.05, 3.63) is 0 Å². The Morgan fingerprint density at radius 3 is 2.33 bits per heavy atom. The first-order chi connectivity index (χ1) is 6.86. The molecule has 0 radical (unpaired) electrons. The van der Waals surface area contributed by atoms with E-state index in [4.69, 9.17) is 10.7 Å². The highest BCUT2D eigenvalue weighted by Gasteiger charge is 2.32. The van der Waals surface area contributed by atoms with Crippen molar-refractivity contribution in [2.24, 2.45) is 28.0 Å². The summed E-state index contributed by atoms with van der Waals surface area (Å²) in [7, 11) is 0. The molecule has 3 unspecified atom stereocenters. The number of aliphatic imine (C=N–C) groups is 1. The van der Waals surface area contributed by atoms with E-state index < -0.39 is 0 Å². The lowest BCUT2D eigenvalue weighted by Gasteiger charge is -2.22. The minimum absolute atomic E-state index is 0.0179. The van der Waals surface area contributed by atoms with Crippen molar-refractivity contribution in [2.75, 3.05) is 0 Å². The Balaban J connectivity index is 2.68. The van der Waals surface area contributed by atoms with Gasteiger partial charge in [0.25, 0.3) is 0 Å². The molecule has 0 aliphatic heterocycles. The summed E-state index contributed by atoms with van der Waals surface area (Å²) in [6.45, 7) is 11.0. The third-order valence-corrected chi connectivity index (χ3v) is 3.78. The summed E-state index contributed by atoms with van der Waals surface area (Å²) in [4.78, 5) is 4.72. The topological polar surface area (TPSA) is 38.4 Å². The summed E-state index contributed by atoms with van der Waals surface area (Å²) in [6, 6.07) is 0.467. The third-order valence-electron chi connectivity index (χ3n) is 3.78. The molecule has 0 heterocycles. The first-order valence-corrected chi connectivity index (χ1v) is 6.20. The van der Waals surface area contributed by atoms with Crippen LogP contribution in [0.1, 0.15) is 53.9 Å². The minimum Gasteiger partial charge on any atom is -0.387 e. The molecular formula is C13H26N2. The van der Waals surface area contributed by atoms with Crippen molar-refractivity contribution in [3.8, 4) is 0 Å². The Hall–Kier alpha value is -0.530. The second kappa shape index (κ2) is 4.54. The van der Waals surface area contributed by atoms with Crippen LogP contribution in [-0.2, 0) is 0 Å². The van der Waals surface area contributed by atoms with Crippen LogP contribution in [0, 0.1) is 17.3 Å². The molecule has 0 saturated heterocycles. The van der Waals surface area contributed by atoms with Crippen LogP contribution in [0.25, 0.3) is 0 Å². The van der Waals surface area contributed by atoms with Crippen LogP contribution >= 0.6 is 0 Å². The van der Waals surface area contributed by atoms with E-state index in [1.54, 1.807) is 0 Å². The lowest BCUT2D eigenvalue weighted by molar-refractivity contribution is 0.381. The van der Waals surface area contributed by atoms with E-state index in [1.807, 2.05) is 0 Å². The fourth-order valence-electron chi connectivity index (χ4n) is 2.36. The largest absolute Gasteiger partial charge is 0.387 e. The average Bonchev–Trinajstić information content (AvgIpc) is 2.46. The standard InChI is InChI=1S/C13H26N2/c1-6-10-7-8-11(9(10)2)15-12(14)13(3,4)5/h9-11H,6-8H2,1-5H3,(H2,14,15). The fourth-order valence-corrected chi connectivity index (χ4v) is 2.36. The zero-order valence-electron chi connectivity index (χ0n) is 10.9. The van der Waals surface area contributed by atoms with Crippen LogP contribution in [0.5, 0.6) is 0 Å². The quantitative estimate of drug-likeness (QED) is 0.551. The monoisotopic (exact) mass is 210 g/mol. The molecule has 0 bridgehead atoms. The van der Waals surface area contributed by atoms with Gasteiger partial charge in [0, 0.05) is 5.41 Å². The molecule has 15 heavy (non-hydrogen) atoms. The van der Waals surface area contributed by atoms with Crippen molar-refractivity contribution >= 4 is 5.84 Å². The number of amidine groups is 1. The first kappa shape index (κ1) is 12.5. The van der Waals surface area contributed by atoms with Gasteiger partial charge in [-0.15, -0.1) is 0 Å². The van der Waals surface area contributed by atoms with E-state index >= 15 is 0 Å². The molecule has 0 spiro atoms. The van der Waals surface area contributed by atoms with Gasteiger partial charge in [-0.1, -0.05) is 41.0 Å². The first-order valence-electron chi connectivity index (χ1n) is 6.20. The molecule has 0 aromatic heterocycles. The van der Waals surface area contributed by atoms with Crippen molar-refractivity contribution in [1.29, 1.82) is 0 Å². The highest BCUT2D eigenvalue weighted by molar-refractivity contribution is 5.85. The Kier molecular flexibility index (Phi) is 3.80. The molecule has 1 saturated carbocycles. The van der Waals surface area contributed by atoms with Gasteiger partial charge in [-0.25, -0.2) is 0 Å². The smallest absolute Gasteiger partial charge is 0.0994 e. The van der Waals surface area contributed by atoms with E-state index in [0.29, 0.717) is 12.0 Å². The van der Waals surface area contributed by atoms with Crippen LogP contribution in [0.4, 0.5) is 0 Å². The highest BCUT2D eigenvalue weighted by Crippen LogP contribution is 2.36. The summed E-state index contributed by atoms with van der Waals surface area (Å²) >= 11 is 0. The second-order valence-corrected chi connectivity index (χ2v) is 5.94. The Morgan fingerprint density at radius 2 is 1.93 bits per heavy atom. The van der Waals surface area contributed by atoms with Crippen LogP contribution in [0.15, 0.2) is 4.99 Å². The maximum atomic E-state index is 6.03. The number of hydrogen-bond acceptors (Lipinski definition) is 1. The summed E-state index contributed by atoms with van der Waals surface area (Å²) in [5, 5.41) is 0. The van der Waals surface area contributed by atoms with Gasteiger partial charge < -0.3 is 5.73 Å². The molecule has 0 aromatic carbocycles. The average molecular weight is 210 g/mol. The van der Waals surface area contributed by atoms with Gasteiger partial charge in [-0.2, -0.15) is 0 Å². The maximum Gasteiger partial charge on any atom is 0.0994 e. The SMILES string of the molecule is CCC1CCC(N=C(N)C(C)(C)C)C1C. The Bertz CT molecular complexity index is 237. The molecule has 1 fully saturated rings. The predicted molar refractivity (Wildman–Crippen MR) is 67.0 cm³/mol. The van der Waals surface area contributed by atoms with Gasteiger partial charge in [-0.3, -0.25) is 4.99 Å². The van der Waals surface area contributed by atoms with E-state index in [9.17, 15) is 0 Å². The Labute approximate surface area is 94.3 Å². The summed E-state index contributed by atoms with van der Waals surface area (Å²) in [6.07, 6.45) is 3.82. The molecule has 0 amide bonds. The highest BCUT2D eigenvalue weighted by atomic mass is 14.9. The zero-order chi connectivity index (χ0) is 11.6. The second-order valence-electron chi connectivity index (χ2n) is 5.94. The molecule has 2 N–H and O–H groups in total. The van der Waals surface area contributed by atoms with Gasteiger partial charge in [-0.05, 0) is 24.7 Å². The molecule has 0 aromatic rings. The van der Waals surface area contributed by atoms with Crippen LogP contribution in [0.3, 0.4) is 0 Å². The minimum atomic E-state index is 0.0179. The van der Waals surface area contributed by atoms with Gasteiger partial charge in [0.15, 0.2) is 0 Å². The Morgan fingerprint density at radius 1 is 1.33 bits per heavy atom. The van der Waals surface area contributed by atoms with Gasteiger partial charge in [0.05, 0.1) is 11.9 Å². The molecule has 88 valence electrons. The van der Waals surface area contributed by atoms with Crippen molar-refractivity contribution < 1.29 is 0 Å². The number of nitrogens with two attached hydrogens (primary N) is 1. The van der Waals surface area contributed by atoms with Crippen LogP contribution in [0.2, 0.25) is 0 Å². The zero-order valence-corrected chi connectivity index (χ0v) is 10.9. The van der Waals surface area contributed by atoms with Crippen molar-refractivity contribution in [2.45, 2.75) is 59.9 Å².